The number of nitrogens with zero attached hydrogens (tertiary/aromatic N) is 3. The van der Waals surface area contributed by atoms with Crippen molar-refractivity contribution >= 4 is 34.2 Å². The van der Waals surface area contributed by atoms with Gasteiger partial charge in [0.15, 0.2) is 0 Å². The maximum atomic E-state index is 12.9. The first-order chi connectivity index (χ1) is 16.0. The van der Waals surface area contributed by atoms with Gasteiger partial charge in [0.05, 0.1) is 45.2 Å². The number of hydrogen-bond donors (Lipinski definition) is 1. The molecule has 2 saturated heterocycles. The first-order valence-corrected chi connectivity index (χ1v) is 10.9. The molecule has 3 aromatic rings. The summed E-state index contributed by atoms with van der Waals surface area (Å²) in [5.41, 5.74) is 2.63. The van der Waals surface area contributed by atoms with Crippen LogP contribution in [0.25, 0.3) is 10.9 Å². The summed E-state index contributed by atoms with van der Waals surface area (Å²) in [6.45, 7) is 3.59. The predicted octanol–water partition coefficient (Wildman–Crippen LogP) is 4.20. The maximum Gasteiger partial charge on any atom is 0.415 e. The molecule has 1 aromatic heterocycles. The van der Waals surface area contributed by atoms with Crippen LogP contribution in [0.2, 0.25) is 0 Å². The van der Waals surface area contributed by atoms with Crippen LogP contribution in [0.4, 0.5) is 22.0 Å². The molecule has 2 fully saturated rings. The highest BCUT2D eigenvalue weighted by Gasteiger charge is 2.47. The van der Waals surface area contributed by atoms with Gasteiger partial charge in [-0.25, -0.2) is 14.8 Å². The molecular formula is C24H26N4O5. The molecule has 0 bridgehead atoms. The molecule has 2 aromatic carbocycles. The van der Waals surface area contributed by atoms with Crippen LogP contribution < -0.4 is 19.7 Å². The van der Waals surface area contributed by atoms with E-state index in [0.717, 1.165) is 22.4 Å². The lowest BCUT2D eigenvalue weighted by molar-refractivity contribution is -0.0431. The number of rotatable bonds is 5. The maximum absolute atomic E-state index is 12.9. The summed E-state index contributed by atoms with van der Waals surface area (Å²) in [6, 6.07) is 9.49. The number of fused-ring (bicyclic) bond motifs is 1. The van der Waals surface area contributed by atoms with Crippen LogP contribution in [-0.4, -0.2) is 55.6 Å². The van der Waals surface area contributed by atoms with E-state index in [2.05, 4.69) is 15.3 Å². The Labute approximate surface area is 191 Å². The van der Waals surface area contributed by atoms with Crippen LogP contribution in [0.5, 0.6) is 11.5 Å². The first kappa shape index (κ1) is 21.3. The Morgan fingerprint density at radius 3 is 2.64 bits per heavy atom. The minimum atomic E-state index is -0.527. The Kier molecular flexibility index (Phi) is 5.41. The second kappa shape index (κ2) is 8.40. The van der Waals surface area contributed by atoms with E-state index in [1.54, 1.807) is 19.1 Å². The summed E-state index contributed by atoms with van der Waals surface area (Å²) in [7, 11) is 3.22. The summed E-state index contributed by atoms with van der Waals surface area (Å²) in [5, 5.41) is 4.15. The fourth-order valence-electron chi connectivity index (χ4n) is 4.46. The standard InChI is InChI=1S/C24H26N4O5/c1-15-17(5-4-6-20(15)30-2)27-22-16-11-19(21(31-3)12-18(16)25-14-26-22)28-13-24(33-23(28)29)7-9-32-10-8-24/h4-6,11-12,14H,7-10,13H2,1-3H3,(H,25,26,27). The second-order valence-corrected chi connectivity index (χ2v) is 8.27. The molecule has 0 radical (unpaired) electrons. The van der Waals surface area contributed by atoms with Crippen molar-refractivity contribution in [3.8, 4) is 11.5 Å². The summed E-state index contributed by atoms with van der Waals surface area (Å²) >= 11 is 0. The number of amides is 1. The van der Waals surface area contributed by atoms with E-state index in [-0.39, 0.29) is 6.09 Å². The number of anilines is 3. The molecular weight excluding hydrogens is 424 g/mol. The Morgan fingerprint density at radius 1 is 1.09 bits per heavy atom. The van der Waals surface area contributed by atoms with Crippen molar-refractivity contribution in [2.24, 2.45) is 0 Å². The molecule has 1 spiro atoms. The van der Waals surface area contributed by atoms with E-state index in [1.807, 2.05) is 37.3 Å². The number of benzene rings is 2. The molecule has 9 nitrogen and oxygen atoms in total. The number of nitrogens with one attached hydrogen (secondary N) is 1. The fraction of sp³-hybridized carbons (Fsp3) is 0.375. The van der Waals surface area contributed by atoms with Gasteiger partial charge in [0.25, 0.3) is 0 Å². The van der Waals surface area contributed by atoms with Gasteiger partial charge in [-0.3, -0.25) is 4.90 Å². The van der Waals surface area contributed by atoms with Crippen molar-refractivity contribution < 1.29 is 23.7 Å². The summed E-state index contributed by atoms with van der Waals surface area (Å²) in [5.74, 6) is 1.95. The second-order valence-electron chi connectivity index (χ2n) is 8.27. The molecule has 0 atom stereocenters. The average molecular weight is 450 g/mol. The van der Waals surface area contributed by atoms with Crippen LogP contribution >= 0.6 is 0 Å². The smallest absolute Gasteiger partial charge is 0.415 e. The number of aromatic nitrogens is 2. The van der Waals surface area contributed by atoms with E-state index >= 15 is 0 Å². The molecule has 9 heteroatoms. The highest BCUT2D eigenvalue weighted by molar-refractivity contribution is 6.00. The third-order valence-electron chi connectivity index (χ3n) is 6.36. The van der Waals surface area contributed by atoms with Crippen LogP contribution in [0, 0.1) is 6.92 Å². The van der Waals surface area contributed by atoms with Gasteiger partial charge >= 0.3 is 6.09 Å². The molecule has 2 aliphatic heterocycles. The molecule has 2 aliphatic rings. The zero-order valence-corrected chi connectivity index (χ0v) is 18.9. The largest absolute Gasteiger partial charge is 0.496 e. The van der Waals surface area contributed by atoms with Gasteiger partial charge in [-0.1, -0.05) is 6.07 Å². The Balaban J connectivity index is 1.56. The topological polar surface area (TPSA) is 95.0 Å². The molecule has 0 aliphatic carbocycles. The minimum Gasteiger partial charge on any atom is -0.496 e. The zero-order chi connectivity index (χ0) is 23.0. The van der Waals surface area contributed by atoms with Crippen molar-refractivity contribution in [1.29, 1.82) is 0 Å². The lowest BCUT2D eigenvalue weighted by Crippen LogP contribution is -2.40. The van der Waals surface area contributed by atoms with Crippen molar-refractivity contribution in [2.75, 3.05) is 44.2 Å². The minimum absolute atomic E-state index is 0.385. The van der Waals surface area contributed by atoms with Crippen LogP contribution in [-0.2, 0) is 9.47 Å². The summed E-state index contributed by atoms with van der Waals surface area (Å²) in [4.78, 5) is 23.4. The lowest BCUT2D eigenvalue weighted by Gasteiger charge is -2.30. The van der Waals surface area contributed by atoms with E-state index in [4.69, 9.17) is 18.9 Å². The van der Waals surface area contributed by atoms with Gasteiger partial charge in [-0.2, -0.15) is 0 Å². The highest BCUT2D eigenvalue weighted by Crippen LogP contribution is 2.41. The van der Waals surface area contributed by atoms with Crippen LogP contribution in [0.15, 0.2) is 36.7 Å². The predicted molar refractivity (Wildman–Crippen MR) is 124 cm³/mol. The molecule has 1 amide bonds. The van der Waals surface area contributed by atoms with Crippen molar-refractivity contribution in [3.63, 3.8) is 0 Å². The number of carbonyl (C=O) groups excluding carboxylic acids is 1. The van der Waals surface area contributed by atoms with E-state index in [0.29, 0.717) is 55.4 Å². The molecule has 1 N–H and O–H groups in total. The summed E-state index contributed by atoms with van der Waals surface area (Å²) < 4.78 is 22.4. The van der Waals surface area contributed by atoms with E-state index < -0.39 is 5.60 Å². The quantitative estimate of drug-likeness (QED) is 0.618. The van der Waals surface area contributed by atoms with Crippen molar-refractivity contribution in [2.45, 2.75) is 25.4 Å². The third kappa shape index (κ3) is 3.78. The normalized spacial score (nSPS) is 17.3. The molecule has 0 saturated carbocycles. The molecule has 0 unspecified atom stereocenters. The van der Waals surface area contributed by atoms with Crippen molar-refractivity contribution in [1.82, 2.24) is 9.97 Å². The van der Waals surface area contributed by atoms with Gasteiger partial charge in [0.2, 0.25) is 0 Å². The lowest BCUT2D eigenvalue weighted by atomic mass is 9.94. The number of carbonyl (C=O) groups is 1. The molecule has 33 heavy (non-hydrogen) atoms. The van der Waals surface area contributed by atoms with E-state index in [1.165, 1.54) is 6.33 Å². The first-order valence-electron chi connectivity index (χ1n) is 10.9. The average Bonchev–Trinajstić information content (AvgIpc) is 3.15. The van der Waals surface area contributed by atoms with Gasteiger partial charge in [-0.05, 0) is 25.1 Å². The number of methoxy groups -OCH3 is 2. The Bertz CT molecular complexity index is 1210. The van der Waals surface area contributed by atoms with E-state index in [9.17, 15) is 4.79 Å². The number of ether oxygens (including phenoxy) is 4. The number of hydrogen-bond acceptors (Lipinski definition) is 8. The molecule has 5 rings (SSSR count). The monoisotopic (exact) mass is 450 g/mol. The Hall–Kier alpha value is -3.59. The third-order valence-corrected chi connectivity index (χ3v) is 6.36. The summed E-state index contributed by atoms with van der Waals surface area (Å²) in [6.07, 6.45) is 2.47. The molecule has 3 heterocycles. The SMILES string of the molecule is COc1cc2ncnc(Nc3cccc(OC)c3C)c2cc1N1CC2(CCOCC2)OC1=O. The van der Waals surface area contributed by atoms with Crippen LogP contribution in [0.3, 0.4) is 0 Å². The Morgan fingerprint density at radius 2 is 1.88 bits per heavy atom. The van der Waals surface area contributed by atoms with Gasteiger partial charge in [-0.15, -0.1) is 0 Å². The highest BCUT2D eigenvalue weighted by atomic mass is 16.6. The van der Waals surface area contributed by atoms with Crippen molar-refractivity contribution in [3.05, 3.63) is 42.2 Å². The van der Waals surface area contributed by atoms with Gasteiger partial charge in [0, 0.05) is 35.5 Å². The van der Waals surface area contributed by atoms with Gasteiger partial charge in [0.1, 0.15) is 29.2 Å². The fourth-order valence-corrected chi connectivity index (χ4v) is 4.46. The molecule has 172 valence electrons. The zero-order valence-electron chi connectivity index (χ0n) is 18.9. The van der Waals surface area contributed by atoms with Crippen LogP contribution in [0.1, 0.15) is 18.4 Å². The van der Waals surface area contributed by atoms with Gasteiger partial charge < -0.3 is 24.3 Å².